The van der Waals surface area contributed by atoms with Crippen LogP contribution in [0.2, 0.25) is 0 Å². The zero-order valence-electron chi connectivity index (χ0n) is 10.4. The molecule has 1 heterocycles. The van der Waals surface area contributed by atoms with Crippen LogP contribution in [-0.4, -0.2) is 5.91 Å². The highest BCUT2D eigenvalue weighted by Crippen LogP contribution is 2.40. The average molecular weight is 217 g/mol. The SMILES string of the molecule is CCC(C)C1C(=O)Nc2c(C)cc(C)cc21. The summed E-state index contributed by atoms with van der Waals surface area (Å²) in [5.74, 6) is 0.610. The molecule has 0 saturated heterocycles. The molecule has 1 aliphatic rings. The van der Waals surface area contributed by atoms with Crippen molar-refractivity contribution in [1.29, 1.82) is 0 Å². The number of carbonyl (C=O) groups excluding carboxylic acids is 1. The molecule has 2 atom stereocenters. The summed E-state index contributed by atoms with van der Waals surface area (Å²) in [5, 5.41) is 3.02. The molecule has 2 nitrogen and oxygen atoms in total. The fourth-order valence-corrected chi connectivity index (χ4v) is 2.56. The highest BCUT2D eigenvalue weighted by Gasteiger charge is 2.34. The van der Waals surface area contributed by atoms with E-state index >= 15 is 0 Å². The zero-order chi connectivity index (χ0) is 11.9. The number of hydrogen-bond donors (Lipinski definition) is 1. The average Bonchev–Trinajstić information content (AvgIpc) is 2.54. The van der Waals surface area contributed by atoms with Gasteiger partial charge >= 0.3 is 0 Å². The van der Waals surface area contributed by atoms with E-state index in [-0.39, 0.29) is 11.8 Å². The third-order valence-corrected chi connectivity index (χ3v) is 3.59. The van der Waals surface area contributed by atoms with Gasteiger partial charge in [-0.2, -0.15) is 0 Å². The summed E-state index contributed by atoms with van der Waals surface area (Å²) in [4.78, 5) is 12.0. The summed E-state index contributed by atoms with van der Waals surface area (Å²) in [6.45, 7) is 8.43. The summed E-state index contributed by atoms with van der Waals surface area (Å²) in [6, 6.07) is 4.27. The lowest BCUT2D eigenvalue weighted by atomic mass is 9.85. The number of amides is 1. The number of aryl methyl sites for hydroxylation is 2. The van der Waals surface area contributed by atoms with E-state index in [4.69, 9.17) is 0 Å². The van der Waals surface area contributed by atoms with Crippen LogP contribution in [-0.2, 0) is 4.79 Å². The van der Waals surface area contributed by atoms with E-state index in [0.717, 1.165) is 12.1 Å². The van der Waals surface area contributed by atoms with Gasteiger partial charge in [-0.25, -0.2) is 0 Å². The van der Waals surface area contributed by atoms with Crippen molar-refractivity contribution >= 4 is 11.6 Å². The van der Waals surface area contributed by atoms with Gasteiger partial charge in [-0.15, -0.1) is 0 Å². The molecule has 2 heteroatoms. The van der Waals surface area contributed by atoms with Crippen molar-refractivity contribution < 1.29 is 4.79 Å². The van der Waals surface area contributed by atoms with Crippen LogP contribution in [0.15, 0.2) is 12.1 Å². The number of rotatable bonds is 2. The molecule has 0 spiro atoms. The highest BCUT2D eigenvalue weighted by atomic mass is 16.2. The van der Waals surface area contributed by atoms with Crippen LogP contribution in [0.4, 0.5) is 5.69 Å². The zero-order valence-corrected chi connectivity index (χ0v) is 10.4. The summed E-state index contributed by atoms with van der Waals surface area (Å²) in [7, 11) is 0. The van der Waals surface area contributed by atoms with Gasteiger partial charge in [0.05, 0.1) is 5.92 Å². The molecule has 1 aliphatic heterocycles. The number of carbonyl (C=O) groups is 1. The maximum Gasteiger partial charge on any atom is 0.232 e. The molecular weight excluding hydrogens is 198 g/mol. The van der Waals surface area contributed by atoms with Gasteiger partial charge in [0.2, 0.25) is 5.91 Å². The Hall–Kier alpha value is -1.31. The molecule has 2 rings (SSSR count). The minimum Gasteiger partial charge on any atom is -0.325 e. The molecule has 0 bridgehead atoms. The van der Waals surface area contributed by atoms with Gasteiger partial charge in [-0.3, -0.25) is 4.79 Å². The maximum atomic E-state index is 12.0. The quantitative estimate of drug-likeness (QED) is 0.808. The van der Waals surface area contributed by atoms with E-state index in [1.54, 1.807) is 0 Å². The van der Waals surface area contributed by atoms with Crippen molar-refractivity contribution in [3.05, 3.63) is 28.8 Å². The highest BCUT2D eigenvalue weighted by molar-refractivity contribution is 6.04. The van der Waals surface area contributed by atoms with Gasteiger partial charge in [0, 0.05) is 5.69 Å². The largest absolute Gasteiger partial charge is 0.325 e. The number of nitrogens with one attached hydrogen (secondary N) is 1. The predicted octanol–water partition coefficient (Wildman–Crippen LogP) is 3.39. The van der Waals surface area contributed by atoms with Gasteiger partial charge < -0.3 is 5.32 Å². The summed E-state index contributed by atoms with van der Waals surface area (Å²) < 4.78 is 0. The fraction of sp³-hybridized carbons (Fsp3) is 0.500. The number of hydrogen-bond acceptors (Lipinski definition) is 1. The van der Waals surface area contributed by atoms with Crippen LogP contribution in [0, 0.1) is 19.8 Å². The van der Waals surface area contributed by atoms with Crippen LogP contribution in [0.1, 0.15) is 42.9 Å². The van der Waals surface area contributed by atoms with Crippen LogP contribution in [0.25, 0.3) is 0 Å². The first kappa shape index (κ1) is 11.2. The third-order valence-electron chi connectivity index (χ3n) is 3.59. The van der Waals surface area contributed by atoms with Crippen LogP contribution < -0.4 is 5.32 Å². The second-order valence-corrected chi connectivity index (χ2v) is 4.90. The smallest absolute Gasteiger partial charge is 0.232 e. The summed E-state index contributed by atoms with van der Waals surface area (Å²) in [5.41, 5.74) is 4.65. The van der Waals surface area contributed by atoms with Gasteiger partial charge in [-0.05, 0) is 30.9 Å². The van der Waals surface area contributed by atoms with E-state index in [1.807, 2.05) is 0 Å². The molecule has 1 aromatic rings. The van der Waals surface area contributed by atoms with Gasteiger partial charge in [0.25, 0.3) is 0 Å². The second kappa shape index (κ2) is 3.93. The Balaban J connectivity index is 2.52. The number of benzene rings is 1. The molecular formula is C14H19NO. The fourth-order valence-electron chi connectivity index (χ4n) is 2.56. The van der Waals surface area contributed by atoms with E-state index in [9.17, 15) is 4.79 Å². The van der Waals surface area contributed by atoms with Crippen LogP contribution in [0.3, 0.4) is 0 Å². The Kier molecular flexibility index (Phi) is 2.75. The Morgan fingerprint density at radius 1 is 1.38 bits per heavy atom. The van der Waals surface area contributed by atoms with Crippen LogP contribution in [0.5, 0.6) is 0 Å². The Labute approximate surface area is 97.1 Å². The Morgan fingerprint density at radius 3 is 2.69 bits per heavy atom. The van der Waals surface area contributed by atoms with E-state index in [0.29, 0.717) is 5.92 Å². The lowest BCUT2D eigenvalue weighted by molar-refractivity contribution is -0.118. The summed E-state index contributed by atoms with van der Waals surface area (Å²) >= 11 is 0. The van der Waals surface area contributed by atoms with Gasteiger partial charge in [-0.1, -0.05) is 38.0 Å². The van der Waals surface area contributed by atoms with Crippen molar-refractivity contribution in [3.63, 3.8) is 0 Å². The van der Waals surface area contributed by atoms with Crippen molar-refractivity contribution in [1.82, 2.24) is 0 Å². The van der Waals surface area contributed by atoms with Gasteiger partial charge in [0.15, 0.2) is 0 Å². The molecule has 16 heavy (non-hydrogen) atoms. The molecule has 1 aromatic carbocycles. The minimum absolute atomic E-state index is 0.0404. The molecule has 1 amide bonds. The summed E-state index contributed by atoms with van der Waals surface area (Å²) in [6.07, 6.45) is 1.03. The topological polar surface area (TPSA) is 29.1 Å². The van der Waals surface area contributed by atoms with Crippen molar-refractivity contribution in [2.45, 2.75) is 40.0 Å². The van der Waals surface area contributed by atoms with Crippen molar-refractivity contribution in [3.8, 4) is 0 Å². The molecule has 0 aliphatic carbocycles. The molecule has 0 saturated carbocycles. The molecule has 86 valence electrons. The van der Waals surface area contributed by atoms with Crippen LogP contribution >= 0.6 is 0 Å². The normalized spacial score (nSPS) is 20.5. The van der Waals surface area contributed by atoms with E-state index < -0.39 is 0 Å². The lowest BCUT2D eigenvalue weighted by Gasteiger charge is -2.16. The second-order valence-electron chi connectivity index (χ2n) is 4.90. The Bertz CT molecular complexity index is 437. The molecule has 0 radical (unpaired) electrons. The molecule has 2 unspecified atom stereocenters. The predicted molar refractivity (Wildman–Crippen MR) is 66.7 cm³/mol. The van der Waals surface area contributed by atoms with E-state index in [2.05, 4.69) is 45.1 Å². The minimum atomic E-state index is 0.0404. The monoisotopic (exact) mass is 217 g/mol. The van der Waals surface area contributed by atoms with E-state index in [1.165, 1.54) is 16.7 Å². The van der Waals surface area contributed by atoms with Gasteiger partial charge in [0.1, 0.15) is 0 Å². The Morgan fingerprint density at radius 2 is 2.06 bits per heavy atom. The number of anilines is 1. The van der Waals surface area contributed by atoms with Crippen molar-refractivity contribution in [2.24, 2.45) is 5.92 Å². The third kappa shape index (κ3) is 1.62. The first-order valence-corrected chi connectivity index (χ1v) is 5.96. The molecule has 1 N–H and O–H groups in total. The maximum absolute atomic E-state index is 12.0. The standard InChI is InChI=1S/C14H19NO/c1-5-9(3)12-11-7-8(2)6-10(4)13(11)15-14(12)16/h6-7,9,12H,5H2,1-4H3,(H,15,16). The lowest BCUT2D eigenvalue weighted by Crippen LogP contribution is -2.18. The first-order chi connectivity index (χ1) is 7.54. The number of fused-ring (bicyclic) bond motifs is 1. The molecule has 0 fully saturated rings. The van der Waals surface area contributed by atoms with Crippen molar-refractivity contribution in [2.75, 3.05) is 5.32 Å². The molecule has 0 aromatic heterocycles. The first-order valence-electron chi connectivity index (χ1n) is 5.96.